The van der Waals surface area contributed by atoms with Crippen molar-refractivity contribution in [2.75, 3.05) is 13.2 Å². The van der Waals surface area contributed by atoms with Gasteiger partial charge in [-0.2, -0.15) is 5.10 Å². The van der Waals surface area contributed by atoms with Crippen molar-refractivity contribution in [1.29, 1.82) is 0 Å². The highest BCUT2D eigenvalue weighted by atomic mass is 79.9. The molecule has 108 valence electrons. The molecule has 0 aliphatic rings. The van der Waals surface area contributed by atoms with Gasteiger partial charge in [0.1, 0.15) is 0 Å². The number of aryl methyl sites for hydroxylation is 1. The third-order valence-corrected chi connectivity index (χ3v) is 4.14. The van der Waals surface area contributed by atoms with Crippen molar-refractivity contribution in [2.24, 2.45) is 0 Å². The number of hydrogen-bond donors (Lipinski definition) is 2. The maximum atomic E-state index is 9.83. The summed E-state index contributed by atoms with van der Waals surface area (Å²) in [6.45, 7) is 2.62. The van der Waals surface area contributed by atoms with E-state index in [2.05, 4.69) is 21.0 Å². The van der Waals surface area contributed by atoms with Crippen molar-refractivity contribution in [1.82, 2.24) is 9.78 Å². The number of hydrogen-bond acceptors (Lipinski definition) is 3. The van der Waals surface area contributed by atoms with Gasteiger partial charge in [-0.15, -0.1) is 0 Å². The standard InChI is InChI=1S/C15H19BrN2O2/c1-2-18-9-12(8-17-18)7-15(10-19,11-20)13-3-5-14(16)6-4-13/h3-6,8-9,19-20H,2,7,10-11H2,1H3. The molecule has 2 aromatic rings. The van der Waals surface area contributed by atoms with E-state index in [1.165, 1.54) is 0 Å². The predicted octanol–water partition coefficient (Wildman–Crippen LogP) is 2.13. The smallest absolute Gasteiger partial charge is 0.0553 e. The van der Waals surface area contributed by atoms with Gasteiger partial charge in [0, 0.05) is 22.6 Å². The second kappa shape index (κ2) is 6.52. The van der Waals surface area contributed by atoms with E-state index in [4.69, 9.17) is 0 Å². The minimum Gasteiger partial charge on any atom is -0.395 e. The van der Waals surface area contributed by atoms with Crippen molar-refractivity contribution < 1.29 is 10.2 Å². The summed E-state index contributed by atoms with van der Waals surface area (Å²) in [4.78, 5) is 0. The molecule has 1 aromatic carbocycles. The van der Waals surface area contributed by atoms with Gasteiger partial charge in [-0.25, -0.2) is 0 Å². The molecule has 1 heterocycles. The van der Waals surface area contributed by atoms with Crippen LogP contribution in [0.1, 0.15) is 18.1 Å². The Balaban J connectivity index is 2.31. The Morgan fingerprint density at radius 3 is 2.35 bits per heavy atom. The first-order chi connectivity index (χ1) is 9.63. The summed E-state index contributed by atoms with van der Waals surface area (Å²) in [5.41, 5.74) is 1.26. The van der Waals surface area contributed by atoms with Crippen LogP contribution in [0.4, 0.5) is 0 Å². The maximum Gasteiger partial charge on any atom is 0.0553 e. The summed E-state index contributed by atoms with van der Waals surface area (Å²) in [6.07, 6.45) is 4.31. The molecule has 20 heavy (non-hydrogen) atoms. The first kappa shape index (κ1) is 15.2. The predicted molar refractivity (Wildman–Crippen MR) is 81.6 cm³/mol. The summed E-state index contributed by atoms with van der Waals surface area (Å²) >= 11 is 3.40. The van der Waals surface area contributed by atoms with Gasteiger partial charge in [0.15, 0.2) is 0 Å². The molecule has 0 fully saturated rings. The molecule has 0 aliphatic heterocycles. The zero-order valence-electron chi connectivity index (χ0n) is 11.5. The van der Waals surface area contributed by atoms with E-state index in [9.17, 15) is 10.2 Å². The fourth-order valence-electron chi connectivity index (χ4n) is 2.31. The number of halogens is 1. The maximum absolute atomic E-state index is 9.83. The molecule has 0 radical (unpaired) electrons. The molecular formula is C15H19BrN2O2. The van der Waals surface area contributed by atoms with E-state index in [-0.39, 0.29) is 13.2 Å². The number of nitrogens with zero attached hydrogens (tertiary/aromatic N) is 2. The van der Waals surface area contributed by atoms with E-state index in [1.807, 2.05) is 42.1 Å². The summed E-state index contributed by atoms with van der Waals surface area (Å²) in [6, 6.07) is 7.71. The molecule has 2 rings (SSSR count). The minimum absolute atomic E-state index is 0.109. The van der Waals surface area contributed by atoms with Gasteiger partial charge in [0.25, 0.3) is 0 Å². The molecule has 0 saturated carbocycles. The van der Waals surface area contributed by atoms with Crippen LogP contribution in [-0.2, 0) is 18.4 Å². The molecule has 0 atom stereocenters. The van der Waals surface area contributed by atoms with Crippen molar-refractivity contribution in [3.63, 3.8) is 0 Å². The Morgan fingerprint density at radius 1 is 1.20 bits per heavy atom. The van der Waals surface area contributed by atoms with Gasteiger partial charge in [-0.3, -0.25) is 4.68 Å². The molecule has 2 N–H and O–H groups in total. The molecule has 5 heteroatoms. The lowest BCUT2D eigenvalue weighted by Gasteiger charge is -2.30. The molecule has 4 nitrogen and oxygen atoms in total. The van der Waals surface area contributed by atoms with Crippen molar-refractivity contribution in [2.45, 2.75) is 25.3 Å². The second-order valence-corrected chi connectivity index (χ2v) is 5.90. The van der Waals surface area contributed by atoms with Crippen LogP contribution in [0.2, 0.25) is 0 Å². The van der Waals surface area contributed by atoms with Crippen molar-refractivity contribution >= 4 is 15.9 Å². The molecule has 0 bridgehead atoms. The largest absolute Gasteiger partial charge is 0.395 e. The molecule has 0 amide bonds. The van der Waals surface area contributed by atoms with Crippen molar-refractivity contribution in [3.05, 3.63) is 52.3 Å². The lowest BCUT2D eigenvalue weighted by atomic mass is 9.77. The Kier molecular flexibility index (Phi) is 4.96. The Labute approximate surface area is 127 Å². The lowest BCUT2D eigenvalue weighted by Crippen LogP contribution is -2.37. The van der Waals surface area contributed by atoms with Gasteiger partial charge in [0.2, 0.25) is 0 Å². The number of aromatic nitrogens is 2. The average Bonchev–Trinajstić information content (AvgIpc) is 2.93. The van der Waals surface area contributed by atoms with E-state index in [0.717, 1.165) is 22.1 Å². The highest BCUT2D eigenvalue weighted by Gasteiger charge is 2.31. The van der Waals surface area contributed by atoms with Crippen LogP contribution >= 0.6 is 15.9 Å². The third-order valence-electron chi connectivity index (χ3n) is 3.62. The van der Waals surface area contributed by atoms with E-state index >= 15 is 0 Å². The normalized spacial score (nSPS) is 11.8. The highest BCUT2D eigenvalue weighted by Crippen LogP contribution is 2.29. The summed E-state index contributed by atoms with van der Waals surface area (Å²) in [5, 5.41) is 23.9. The topological polar surface area (TPSA) is 58.3 Å². The van der Waals surface area contributed by atoms with Crippen LogP contribution in [0.15, 0.2) is 41.1 Å². The number of aliphatic hydroxyl groups excluding tert-OH is 2. The van der Waals surface area contributed by atoms with Gasteiger partial charge in [0.05, 0.1) is 19.4 Å². The summed E-state index contributed by atoms with van der Waals surface area (Å²) in [5.74, 6) is 0. The van der Waals surface area contributed by atoms with E-state index < -0.39 is 5.41 Å². The molecule has 1 aromatic heterocycles. The monoisotopic (exact) mass is 338 g/mol. The minimum atomic E-state index is -0.678. The molecule has 0 saturated heterocycles. The second-order valence-electron chi connectivity index (χ2n) is 4.98. The highest BCUT2D eigenvalue weighted by molar-refractivity contribution is 9.10. The number of rotatable bonds is 6. The van der Waals surface area contributed by atoms with Gasteiger partial charge < -0.3 is 10.2 Å². The third kappa shape index (κ3) is 3.11. The van der Waals surface area contributed by atoms with Crippen LogP contribution in [0, 0.1) is 0 Å². The molecular weight excluding hydrogens is 320 g/mol. The van der Waals surface area contributed by atoms with Crippen LogP contribution in [0.25, 0.3) is 0 Å². The fraction of sp³-hybridized carbons (Fsp3) is 0.400. The Bertz CT molecular complexity index is 547. The Hall–Kier alpha value is -1.17. The summed E-state index contributed by atoms with van der Waals surface area (Å²) in [7, 11) is 0. The number of benzene rings is 1. The van der Waals surface area contributed by atoms with E-state index in [1.54, 1.807) is 6.20 Å². The molecule has 0 unspecified atom stereocenters. The van der Waals surface area contributed by atoms with Crippen LogP contribution < -0.4 is 0 Å². The van der Waals surface area contributed by atoms with Gasteiger partial charge >= 0.3 is 0 Å². The van der Waals surface area contributed by atoms with Gasteiger partial charge in [-0.05, 0) is 36.6 Å². The zero-order valence-corrected chi connectivity index (χ0v) is 13.0. The lowest BCUT2D eigenvalue weighted by molar-refractivity contribution is 0.116. The fourth-order valence-corrected chi connectivity index (χ4v) is 2.58. The van der Waals surface area contributed by atoms with Crippen LogP contribution in [0.3, 0.4) is 0 Å². The zero-order chi connectivity index (χ0) is 14.6. The SMILES string of the molecule is CCn1cc(CC(CO)(CO)c2ccc(Br)cc2)cn1. The number of aliphatic hydroxyl groups is 2. The first-order valence-corrected chi connectivity index (χ1v) is 7.42. The van der Waals surface area contributed by atoms with Crippen LogP contribution in [0.5, 0.6) is 0 Å². The first-order valence-electron chi connectivity index (χ1n) is 6.62. The van der Waals surface area contributed by atoms with E-state index in [0.29, 0.717) is 6.42 Å². The summed E-state index contributed by atoms with van der Waals surface area (Å²) < 4.78 is 2.82. The molecule has 0 aliphatic carbocycles. The Morgan fingerprint density at radius 2 is 1.85 bits per heavy atom. The molecule has 0 spiro atoms. The average molecular weight is 339 g/mol. The van der Waals surface area contributed by atoms with Crippen molar-refractivity contribution in [3.8, 4) is 0 Å². The van der Waals surface area contributed by atoms with Crippen LogP contribution in [-0.4, -0.2) is 33.2 Å². The quantitative estimate of drug-likeness (QED) is 0.848. The van der Waals surface area contributed by atoms with Gasteiger partial charge in [-0.1, -0.05) is 28.1 Å².